The van der Waals surface area contributed by atoms with E-state index in [2.05, 4.69) is 28.7 Å². The Morgan fingerprint density at radius 3 is 2.35 bits per heavy atom. The number of anilines is 1. The molecule has 2 aliphatic rings. The highest BCUT2D eigenvalue weighted by Crippen LogP contribution is 2.33. The maximum Gasteiger partial charge on any atom is 0.373 e. The zero-order chi connectivity index (χ0) is 28.9. The molecule has 0 radical (unpaired) electrons. The normalized spacial score (nSPS) is 22.9. The fourth-order valence-electron chi connectivity index (χ4n) is 5.09. The molecule has 8 nitrogen and oxygen atoms in total. The smallest absolute Gasteiger partial charge is 0.373 e. The molecule has 0 N–H and O–H groups in total. The summed E-state index contributed by atoms with van der Waals surface area (Å²) in [6.45, 7) is 8.38. The van der Waals surface area contributed by atoms with Crippen LogP contribution in [0.25, 0.3) is 0 Å². The molecule has 2 heterocycles. The number of rotatable bonds is 6. The van der Waals surface area contributed by atoms with Gasteiger partial charge >= 0.3 is 5.97 Å². The lowest BCUT2D eigenvalue weighted by Crippen LogP contribution is -2.47. The quantitative estimate of drug-likeness (QED) is 0.308. The second-order valence-corrected chi connectivity index (χ2v) is 13.4. The van der Waals surface area contributed by atoms with Crippen molar-refractivity contribution in [2.75, 3.05) is 19.0 Å². The Hall–Kier alpha value is -3.12. The second kappa shape index (κ2) is 13.0. The second-order valence-electron chi connectivity index (χ2n) is 12.3. The van der Waals surface area contributed by atoms with Crippen LogP contribution in [0.2, 0.25) is 0 Å². The van der Waals surface area contributed by atoms with Gasteiger partial charge in [-0.25, -0.2) is 14.8 Å². The number of ether oxygens (including phenoxy) is 1. The maximum absolute atomic E-state index is 13.7. The Balaban J connectivity index is 1.44. The summed E-state index contributed by atoms with van der Waals surface area (Å²) in [6, 6.07) is 5.22. The number of amides is 1. The summed E-state index contributed by atoms with van der Waals surface area (Å²) < 4.78 is 6.16. The van der Waals surface area contributed by atoms with Crippen LogP contribution in [0.15, 0.2) is 24.5 Å². The molecule has 40 heavy (non-hydrogen) atoms. The van der Waals surface area contributed by atoms with E-state index in [9.17, 15) is 9.59 Å². The van der Waals surface area contributed by atoms with E-state index in [-0.39, 0.29) is 29.4 Å². The first-order valence-corrected chi connectivity index (χ1v) is 15.1. The van der Waals surface area contributed by atoms with Crippen molar-refractivity contribution in [3.05, 3.63) is 34.3 Å². The third-order valence-corrected chi connectivity index (χ3v) is 8.46. The number of carbonyl (C=O) groups excluding carboxylic acids is 2. The van der Waals surface area contributed by atoms with Crippen LogP contribution in [0.1, 0.15) is 93.6 Å². The molecule has 0 aliphatic heterocycles. The summed E-state index contributed by atoms with van der Waals surface area (Å²) in [7, 11) is 3.85. The average Bonchev–Trinajstić information content (AvgIpc) is 3.40. The molecule has 2 fully saturated rings. The minimum atomic E-state index is -0.498. The molecular weight excluding hydrogens is 524 g/mol. The van der Waals surface area contributed by atoms with Gasteiger partial charge in [0.15, 0.2) is 0 Å². The van der Waals surface area contributed by atoms with Gasteiger partial charge in [-0.2, -0.15) is 5.06 Å². The largest absolute Gasteiger partial charge is 0.474 e. The Morgan fingerprint density at radius 2 is 1.70 bits per heavy atom. The highest BCUT2D eigenvalue weighted by Gasteiger charge is 2.37. The van der Waals surface area contributed by atoms with Crippen LogP contribution in [0.5, 0.6) is 5.88 Å². The van der Waals surface area contributed by atoms with Crippen molar-refractivity contribution in [3.8, 4) is 17.7 Å². The van der Waals surface area contributed by atoms with E-state index >= 15 is 0 Å². The number of aromatic nitrogens is 2. The summed E-state index contributed by atoms with van der Waals surface area (Å²) in [5.41, 5.74) is -0.129. The molecule has 0 saturated heterocycles. The molecule has 2 aliphatic carbocycles. The SMILES string of the molecule is CC1CCC(C(=O)N(OC(=O)c2ccc(C#CC(C)(C)C)s2)C2CCC(Oc3cc(N(C)C)ncn3)CC2)CC1. The van der Waals surface area contributed by atoms with Crippen LogP contribution < -0.4 is 9.64 Å². The van der Waals surface area contributed by atoms with Gasteiger partial charge in [-0.15, -0.1) is 11.3 Å². The molecule has 0 unspecified atom stereocenters. The lowest BCUT2D eigenvalue weighted by molar-refractivity contribution is -0.187. The van der Waals surface area contributed by atoms with E-state index in [4.69, 9.17) is 9.57 Å². The van der Waals surface area contributed by atoms with E-state index in [1.54, 1.807) is 6.07 Å². The third-order valence-electron chi connectivity index (χ3n) is 7.48. The fourth-order valence-corrected chi connectivity index (χ4v) is 5.82. The number of carbonyl (C=O) groups is 2. The number of nitrogens with zero attached hydrogens (tertiary/aromatic N) is 4. The monoisotopic (exact) mass is 566 g/mol. The van der Waals surface area contributed by atoms with Gasteiger partial charge in [0, 0.05) is 31.5 Å². The van der Waals surface area contributed by atoms with E-state index < -0.39 is 5.97 Å². The maximum atomic E-state index is 13.7. The Kier molecular flexibility index (Phi) is 9.72. The van der Waals surface area contributed by atoms with Crippen LogP contribution >= 0.6 is 11.3 Å². The molecular formula is C31H42N4O4S. The van der Waals surface area contributed by atoms with E-state index in [1.807, 2.05) is 51.9 Å². The van der Waals surface area contributed by atoms with Gasteiger partial charge in [-0.3, -0.25) is 4.79 Å². The molecule has 216 valence electrons. The summed E-state index contributed by atoms with van der Waals surface area (Å²) in [5, 5.41) is 1.41. The van der Waals surface area contributed by atoms with Crippen LogP contribution in [0.4, 0.5) is 5.82 Å². The summed E-state index contributed by atoms with van der Waals surface area (Å²) >= 11 is 1.30. The van der Waals surface area contributed by atoms with E-state index in [0.717, 1.165) is 49.2 Å². The van der Waals surface area contributed by atoms with Crippen molar-refractivity contribution < 1.29 is 19.2 Å². The van der Waals surface area contributed by atoms with Gasteiger partial charge in [0.1, 0.15) is 23.1 Å². The predicted octanol–water partition coefficient (Wildman–Crippen LogP) is 6.12. The Bertz CT molecular complexity index is 1230. The molecule has 4 rings (SSSR count). The summed E-state index contributed by atoms with van der Waals surface area (Å²) in [5.74, 6) is 7.62. The Labute approximate surface area is 242 Å². The van der Waals surface area contributed by atoms with Gasteiger partial charge in [-0.1, -0.05) is 18.8 Å². The first-order chi connectivity index (χ1) is 19.0. The van der Waals surface area contributed by atoms with Gasteiger partial charge in [-0.05, 0) is 90.2 Å². The first kappa shape index (κ1) is 29.9. The Morgan fingerprint density at radius 1 is 1.00 bits per heavy atom. The standard InChI is InChI=1S/C31H42N4O4S/c1-21-7-9-22(10-8-21)29(36)35(39-30(37)26-16-15-25(40-26)17-18-31(2,3)4)23-11-13-24(14-12-23)38-28-19-27(34(5)6)32-20-33-28/h15-16,19-24H,7-14H2,1-6H3. The van der Waals surface area contributed by atoms with Crippen LogP contribution in [0, 0.1) is 29.1 Å². The lowest BCUT2D eigenvalue weighted by Gasteiger charge is -2.37. The highest BCUT2D eigenvalue weighted by molar-refractivity contribution is 7.14. The predicted molar refractivity (Wildman–Crippen MR) is 157 cm³/mol. The minimum absolute atomic E-state index is 0.0226. The zero-order valence-corrected chi connectivity index (χ0v) is 25.4. The highest BCUT2D eigenvalue weighted by atomic mass is 32.1. The van der Waals surface area contributed by atoms with Crippen LogP contribution in [0.3, 0.4) is 0 Å². The van der Waals surface area contributed by atoms with Gasteiger partial charge in [0.05, 0.1) is 10.9 Å². The van der Waals surface area contributed by atoms with Crippen molar-refractivity contribution in [2.24, 2.45) is 17.3 Å². The number of thiophene rings is 1. The van der Waals surface area contributed by atoms with Crippen molar-refractivity contribution in [1.29, 1.82) is 0 Å². The number of hydrogen-bond acceptors (Lipinski definition) is 8. The molecule has 0 aromatic carbocycles. The topological polar surface area (TPSA) is 84.9 Å². The van der Waals surface area contributed by atoms with Crippen molar-refractivity contribution >= 4 is 29.0 Å². The molecule has 0 spiro atoms. The third kappa shape index (κ3) is 8.20. The number of hydroxylamine groups is 2. The van der Waals surface area contributed by atoms with Crippen molar-refractivity contribution in [2.45, 2.75) is 91.2 Å². The van der Waals surface area contributed by atoms with Gasteiger partial charge in [0.25, 0.3) is 5.91 Å². The van der Waals surface area contributed by atoms with Crippen LogP contribution in [-0.2, 0) is 9.63 Å². The molecule has 0 atom stereocenters. The first-order valence-electron chi connectivity index (χ1n) is 14.3. The summed E-state index contributed by atoms with van der Waals surface area (Å²) in [4.78, 5) is 44.6. The zero-order valence-electron chi connectivity index (χ0n) is 24.6. The summed E-state index contributed by atoms with van der Waals surface area (Å²) in [6.07, 6.45) is 8.04. The molecule has 2 saturated carbocycles. The van der Waals surface area contributed by atoms with E-state index in [1.165, 1.54) is 22.7 Å². The average molecular weight is 567 g/mol. The van der Waals surface area contributed by atoms with Gasteiger partial charge < -0.3 is 14.5 Å². The molecule has 0 bridgehead atoms. The lowest BCUT2D eigenvalue weighted by atomic mass is 9.82. The van der Waals surface area contributed by atoms with Crippen molar-refractivity contribution in [3.63, 3.8) is 0 Å². The van der Waals surface area contributed by atoms with Gasteiger partial charge in [0.2, 0.25) is 5.88 Å². The minimum Gasteiger partial charge on any atom is -0.474 e. The molecule has 9 heteroatoms. The van der Waals surface area contributed by atoms with Crippen molar-refractivity contribution in [1.82, 2.24) is 15.0 Å². The molecule has 2 aromatic rings. The number of hydrogen-bond donors (Lipinski definition) is 0. The van der Waals surface area contributed by atoms with Crippen LogP contribution in [-0.4, -0.2) is 53.1 Å². The van der Waals surface area contributed by atoms with E-state index in [0.29, 0.717) is 29.5 Å². The molecule has 2 aromatic heterocycles. The fraction of sp³-hybridized carbons (Fsp3) is 0.613. The molecule has 1 amide bonds.